The van der Waals surface area contributed by atoms with Gasteiger partial charge < -0.3 is 10.1 Å². The smallest absolute Gasteiger partial charge is 0.260 e. The average molecular weight is 325 g/mol. The molecule has 0 bridgehead atoms. The summed E-state index contributed by atoms with van der Waals surface area (Å²) in [4.78, 5) is 12.2. The number of aryl methyl sites for hydroxylation is 1. The van der Waals surface area contributed by atoms with E-state index in [9.17, 15) is 4.79 Å². The molecule has 0 aliphatic rings. The van der Waals surface area contributed by atoms with Gasteiger partial charge in [-0.1, -0.05) is 56.3 Å². The van der Waals surface area contributed by atoms with E-state index in [1.54, 1.807) is 6.92 Å². The fraction of sp³-hybridized carbons (Fsp3) is 0.381. The van der Waals surface area contributed by atoms with Gasteiger partial charge in [0.05, 0.1) is 0 Å². The number of para-hydroxylation sites is 1. The van der Waals surface area contributed by atoms with Crippen molar-refractivity contribution in [3.05, 3.63) is 65.2 Å². The van der Waals surface area contributed by atoms with Gasteiger partial charge in [0, 0.05) is 6.54 Å². The summed E-state index contributed by atoms with van der Waals surface area (Å²) in [7, 11) is 0. The first-order chi connectivity index (χ1) is 11.5. The van der Waals surface area contributed by atoms with Crippen LogP contribution in [0.5, 0.6) is 5.75 Å². The number of hydrogen-bond acceptors (Lipinski definition) is 2. The molecule has 1 amide bonds. The van der Waals surface area contributed by atoms with Crippen LogP contribution in [-0.4, -0.2) is 18.6 Å². The van der Waals surface area contributed by atoms with Gasteiger partial charge in [-0.15, -0.1) is 0 Å². The van der Waals surface area contributed by atoms with Crippen LogP contribution in [-0.2, 0) is 11.2 Å². The summed E-state index contributed by atoms with van der Waals surface area (Å²) >= 11 is 0. The molecule has 0 heterocycles. The van der Waals surface area contributed by atoms with E-state index >= 15 is 0 Å². The maximum atomic E-state index is 12.2. The van der Waals surface area contributed by atoms with Crippen molar-refractivity contribution in [1.29, 1.82) is 0 Å². The lowest BCUT2D eigenvalue weighted by atomic mass is 10.0. The Balaban J connectivity index is 1.79. The van der Waals surface area contributed by atoms with Crippen molar-refractivity contribution >= 4 is 5.91 Å². The molecule has 0 fully saturated rings. The lowest BCUT2D eigenvalue weighted by molar-refractivity contribution is -0.127. The average Bonchev–Trinajstić information content (AvgIpc) is 2.57. The first-order valence-electron chi connectivity index (χ1n) is 8.56. The molecule has 0 unspecified atom stereocenters. The van der Waals surface area contributed by atoms with E-state index in [2.05, 4.69) is 43.4 Å². The van der Waals surface area contributed by atoms with Gasteiger partial charge in [-0.3, -0.25) is 4.79 Å². The van der Waals surface area contributed by atoms with Crippen LogP contribution in [0.4, 0.5) is 0 Å². The predicted molar refractivity (Wildman–Crippen MR) is 98.5 cm³/mol. The molecule has 0 spiro atoms. The third-order valence-corrected chi connectivity index (χ3v) is 4.13. The second-order valence-electron chi connectivity index (χ2n) is 6.46. The molecular weight excluding hydrogens is 298 g/mol. The predicted octanol–water partition coefficient (Wildman–Crippen LogP) is 4.24. The molecule has 128 valence electrons. The summed E-state index contributed by atoms with van der Waals surface area (Å²) in [6, 6.07) is 16.3. The van der Waals surface area contributed by atoms with Crippen LogP contribution >= 0.6 is 0 Å². The number of carbonyl (C=O) groups is 1. The van der Waals surface area contributed by atoms with E-state index in [4.69, 9.17) is 4.74 Å². The number of nitrogens with one attached hydrogen (secondary N) is 1. The number of ether oxygens (including phenoxy) is 1. The van der Waals surface area contributed by atoms with E-state index in [0.717, 1.165) is 17.7 Å². The Labute approximate surface area is 145 Å². The summed E-state index contributed by atoms with van der Waals surface area (Å²) in [5.74, 6) is 1.21. The Hall–Kier alpha value is -2.29. The van der Waals surface area contributed by atoms with E-state index in [-0.39, 0.29) is 5.91 Å². The molecule has 0 aliphatic carbocycles. The molecule has 3 nitrogen and oxygen atoms in total. The third kappa shape index (κ3) is 5.12. The van der Waals surface area contributed by atoms with E-state index < -0.39 is 6.10 Å². The van der Waals surface area contributed by atoms with Crippen LogP contribution in [0.2, 0.25) is 0 Å². The molecule has 0 radical (unpaired) electrons. The van der Waals surface area contributed by atoms with Crippen LogP contribution < -0.4 is 10.1 Å². The number of carbonyl (C=O) groups excluding carboxylic acids is 1. The van der Waals surface area contributed by atoms with Gasteiger partial charge in [0.2, 0.25) is 0 Å². The monoisotopic (exact) mass is 325 g/mol. The molecule has 1 atom stereocenters. The molecule has 24 heavy (non-hydrogen) atoms. The topological polar surface area (TPSA) is 38.3 Å². The molecule has 0 saturated heterocycles. The zero-order valence-corrected chi connectivity index (χ0v) is 15.0. The van der Waals surface area contributed by atoms with Crippen molar-refractivity contribution in [3.63, 3.8) is 0 Å². The maximum Gasteiger partial charge on any atom is 0.260 e. The van der Waals surface area contributed by atoms with Crippen LogP contribution in [0.3, 0.4) is 0 Å². The number of amides is 1. The van der Waals surface area contributed by atoms with Gasteiger partial charge in [-0.25, -0.2) is 0 Å². The van der Waals surface area contributed by atoms with Crippen molar-refractivity contribution in [2.75, 3.05) is 6.54 Å². The molecular formula is C21H27NO2. The van der Waals surface area contributed by atoms with Crippen LogP contribution in [0.1, 0.15) is 43.4 Å². The molecule has 2 rings (SSSR count). The van der Waals surface area contributed by atoms with Gasteiger partial charge in [-0.2, -0.15) is 0 Å². The normalized spacial score (nSPS) is 12.0. The zero-order valence-electron chi connectivity index (χ0n) is 15.0. The highest BCUT2D eigenvalue weighted by Gasteiger charge is 2.14. The quantitative estimate of drug-likeness (QED) is 0.826. The first kappa shape index (κ1) is 18.1. The Morgan fingerprint density at radius 1 is 1.04 bits per heavy atom. The number of hydrogen-bond donors (Lipinski definition) is 1. The SMILES string of the molecule is Cc1ccccc1O[C@@H](C)C(=O)NCCc1ccc(C(C)C)cc1. The molecule has 2 aromatic carbocycles. The first-order valence-corrected chi connectivity index (χ1v) is 8.56. The minimum Gasteiger partial charge on any atom is -0.481 e. The Kier molecular flexibility index (Phi) is 6.42. The van der Waals surface area contributed by atoms with E-state index in [1.165, 1.54) is 11.1 Å². The van der Waals surface area contributed by atoms with Gasteiger partial charge in [0.1, 0.15) is 5.75 Å². The minimum atomic E-state index is -0.505. The van der Waals surface area contributed by atoms with E-state index in [1.807, 2.05) is 31.2 Å². The van der Waals surface area contributed by atoms with Crippen molar-refractivity contribution in [2.45, 2.75) is 46.1 Å². The zero-order chi connectivity index (χ0) is 17.5. The highest BCUT2D eigenvalue weighted by Crippen LogP contribution is 2.18. The van der Waals surface area contributed by atoms with Crippen LogP contribution in [0, 0.1) is 6.92 Å². The largest absolute Gasteiger partial charge is 0.481 e. The molecule has 0 saturated carbocycles. The summed E-state index contributed by atoms with van der Waals surface area (Å²) in [5.41, 5.74) is 3.60. The van der Waals surface area contributed by atoms with Gasteiger partial charge in [-0.05, 0) is 48.9 Å². The van der Waals surface area contributed by atoms with Gasteiger partial charge in [0.15, 0.2) is 6.10 Å². The van der Waals surface area contributed by atoms with Crippen molar-refractivity contribution < 1.29 is 9.53 Å². The van der Waals surface area contributed by atoms with Crippen LogP contribution in [0.25, 0.3) is 0 Å². The molecule has 0 aliphatic heterocycles. The second kappa shape index (κ2) is 8.53. The fourth-order valence-electron chi connectivity index (χ4n) is 2.48. The van der Waals surface area contributed by atoms with Gasteiger partial charge in [0.25, 0.3) is 5.91 Å². The second-order valence-corrected chi connectivity index (χ2v) is 6.46. The molecule has 2 aromatic rings. The molecule has 1 N–H and O–H groups in total. The Bertz CT molecular complexity index is 662. The summed E-state index contributed by atoms with van der Waals surface area (Å²) in [6.45, 7) is 8.73. The lowest BCUT2D eigenvalue weighted by Crippen LogP contribution is -2.37. The maximum absolute atomic E-state index is 12.2. The van der Waals surface area contributed by atoms with Crippen LogP contribution in [0.15, 0.2) is 48.5 Å². The Morgan fingerprint density at radius 2 is 1.71 bits per heavy atom. The highest BCUT2D eigenvalue weighted by atomic mass is 16.5. The summed E-state index contributed by atoms with van der Waals surface area (Å²) in [6.07, 6.45) is 0.315. The fourth-order valence-corrected chi connectivity index (χ4v) is 2.48. The number of rotatable bonds is 7. The van der Waals surface area contributed by atoms with Crippen molar-refractivity contribution in [2.24, 2.45) is 0 Å². The summed E-state index contributed by atoms with van der Waals surface area (Å²) < 4.78 is 5.74. The highest BCUT2D eigenvalue weighted by molar-refractivity contribution is 5.80. The molecule has 3 heteroatoms. The Morgan fingerprint density at radius 3 is 2.33 bits per heavy atom. The van der Waals surface area contributed by atoms with Crippen molar-refractivity contribution in [1.82, 2.24) is 5.32 Å². The lowest BCUT2D eigenvalue weighted by Gasteiger charge is -2.16. The number of benzene rings is 2. The molecule has 0 aromatic heterocycles. The minimum absolute atomic E-state index is 0.0861. The van der Waals surface area contributed by atoms with Gasteiger partial charge >= 0.3 is 0 Å². The third-order valence-electron chi connectivity index (χ3n) is 4.13. The summed E-state index contributed by atoms with van der Waals surface area (Å²) in [5, 5.41) is 2.94. The van der Waals surface area contributed by atoms with E-state index in [0.29, 0.717) is 12.5 Å². The van der Waals surface area contributed by atoms with Crippen molar-refractivity contribution in [3.8, 4) is 5.75 Å². The standard InChI is InChI=1S/C21H27NO2/c1-15(2)19-11-9-18(10-12-19)13-14-22-21(23)17(4)24-20-8-6-5-7-16(20)3/h5-12,15,17H,13-14H2,1-4H3,(H,22,23)/t17-/m0/s1.